The van der Waals surface area contributed by atoms with Gasteiger partial charge in [0, 0.05) is 18.7 Å². The fraction of sp³-hybridized carbons (Fsp3) is 0.350. The van der Waals surface area contributed by atoms with Crippen LogP contribution in [0.15, 0.2) is 41.4 Å². The molecule has 0 spiro atoms. The van der Waals surface area contributed by atoms with Crippen molar-refractivity contribution >= 4 is 29.9 Å². The quantitative estimate of drug-likeness (QED) is 0.325. The standard InChI is InChI=1S/C20H25F2N3O2.HI/c1-4-23-20(25-13-15-11-16(21)5-7-18(15)22)24-10-9-14-12-17(26-2)6-8-19(14)27-3;/h5-8,11-12H,4,9-10,13H2,1-3H3,(H2,23,24,25);1H. The number of nitrogens with zero attached hydrogens (tertiary/aromatic N) is 1. The van der Waals surface area contributed by atoms with Crippen LogP contribution in [-0.4, -0.2) is 33.3 Å². The Labute approximate surface area is 181 Å². The molecule has 0 aromatic heterocycles. The highest BCUT2D eigenvalue weighted by Gasteiger charge is 2.07. The number of hydrogen-bond acceptors (Lipinski definition) is 3. The fourth-order valence-corrected chi connectivity index (χ4v) is 2.56. The first-order valence-electron chi connectivity index (χ1n) is 8.74. The molecule has 2 rings (SSSR count). The lowest BCUT2D eigenvalue weighted by Crippen LogP contribution is -2.38. The summed E-state index contributed by atoms with van der Waals surface area (Å²) in [4.78, 5) is 4.32. The van der Waals surface area contributed by atoms with Crippen molar-refractivity contribution in [3.8, 4) is 11.5 Å². The van der Waals surface area contributed by atoms with E-state index in [0.29, 0.717) is 25.5 Å². The van der Waals surface area contributed by atoms with Gasteiger partial charge in [-0.15, -0.1) is 24.0 Å². The molecule has 2 aromatic carbocycles. The summed E-state index contributed by atoms with van der Waals surface area (Å²) >= 11 is 0. The first-order chi connectivity index (χ1) is 13.1. The Morgan fingerprint density at radius 2 is 1.79 bits per heavy atom. The van der Waals surface area contributed by atoms with E-state index in [9.17, 15) is 8.78 Å². The Kier molecular flexibility index (Phi) is 10.6. The van der Waals surface area contributed by atoms with Crippen molar-refractivity contribution < 1.29 is 18.3 Å². The van der Waals surface area contributed by atoms with E-state index in [-0.39, 0.29) is 36.1 Å². The second kappa shape index (κ2) is 12.4. The first-order valence-corrected chi connectivity index (χ1v) is 8.74. The highest BCUT2D eigenvalue weighted by Crippen LogP contribution is 2.24. The number of guanidine groups is 1. The summed E-state index contributed by atoms with van der Waals surface area (Å²) in [6.07, 6.45) is 0.680. The highest BCUT2D eigenvalue weighted by atomic mass is 127. The predicted octanol–water partition coefficient (Wildman–Crippen LogP) is 3.90. The predicted molar refractivity (Wildman–Crippen MR) is 118 cm³/mol. The van der Waals surface area contributed by atoms with E-state index in [4.69, 9.17) is 9.47 Å². The van der Waals surface area contributed by atoms with E-state index < -0.39 is 11.6 Å². The molecular formula is C20H26F2IN3O2. The molecule has 0 atom stereocenters. The molecular weight excluding hydrogens is 479 g/mol. The van der Waals surface area contributed by atoms with Crippen LogP contribution in [0.1, 0.15) is 18.1 Å². The van der Waals surface area contributed by atoms with Crippen molar-refractivity contribution in [3.63, 3.8) is 0 Å². The first kappa shape index (κ1) is 23.9. The van der Waals surface area contributed by atoms with Crippen molar-refractivity contribution in [1.82, 2.24) is 10.6 Å². The van der Waals surface area contributed by atoms with Crippen molar-refractivity contribution in [2.24, 2.45) is 4.99 Å². The number of hydrogen-bond donors (Lipinski definition) is 2. The van der Waals surface area contributed by atoms with Gasteiger partial charge in [0.15, 0.2) is 5.96 Å². The zero-order valence-electron chi connectivity index (χ0n) is 16.2. The van der Waals surface area contributed by atoms with Gasteiger partial charge in [0.1, 0.15) is 23.1 Å². The Hall–Kier alpha value is -2.10. The van der Waals surface area contributed by atoms with E-state index >= 15 is 0 Å². The number of ether oxygens (including phenoxy) is 2. The van der Waals surface area contributed by atoms with Gasteiger partial charge < -0.3 is 20.1 Å². The lowest BCUT2D eigenvalue weighted by atomic mass is 10.1. The Morgan fingerprint density at radius 1 is 1.00 bits per heavy atom. The molecule has 0 saturated carbocycles. The van der Waals surface area contributed by atoms with Crippen LogP contribution in [0, 0.1) is 11.6 Å². The zero-order valence-corrected chi connectivity index (χ0v) is 18.6. The van der Waals surface area contributed by atoms with Crippen LogP contribution >= 0.6 is 24.0 Å². The highest BCUT2D eigenvalue weighted by molar-refractivity contribution is 14.0. The van der Waals surface area contributed by atoms with Gasteiger partial charge in [0.25, 0.3) is 0 Å². The minimum atomic E-state index is -0.482. The summed E-state index contributed by atoms with van der Waals surface area (Å²) in [6, 6.07) is 8.98. The van der Waals surface area contributed by atoms with E-state index in [1.54, 1.807) is 14.2 Å². The van der Waals surface area contributed by atoms with Gasteiger partial charge in [-0.1, -0.05) is 0 Å². The molecule has 28 heavy (non-hydrogen) atoms. The van der Waals surface area contributed by atoms with Crippen LogP contribution in [0.2, 0.25) is 0 Å². The molecule has 0 heterocycles. The number of rotatable bonds is 8. The lowest BCUT2D eigenvalue weighted by Gasteiger charge is -2.13. The number of methoxy groups -OCH3 is 2. The maximum Gasteiger partial charge on any atom is 0.191 e. The third-order valence-electron chi connectivity index (χ3n) is 3.93. The van der Waals surface area contributed by atoms with Crippen molar-refractivity contribution in [1.29, 1.82) is 0 Å². The molecule has 8 heteroatoms. The van der Waals surface area contributed by atoms with E-state index in [0.717, 1.165) is 35.3 Å². The monoisotopic (exact) mass is 505 g/mol. The van der Waals surface area contributed by atoms with Crippen molar-refractivity contribution in [2.75, 3.05) is 27.3 Å². The molecule has 0 amide bonds. The Bertz CT molecular complexity index is 788. The topological polar surface area (TPSA) is 54.9 Å². The number of nitrogens with one attached hydrogen (secondary N) is 2. The van der Waals surface area contributed by atoms with Crippen LogP contribution in [0.4, 0.5) is 8.78 Å². The molecule has 0 radical (unpaired) electrons. The van der Waals surface area contributed by atoms with Crippen LogP contribution in [0.25, 0.3) is 0 Å². The molecule has 0 bridgehead atoms. The normalized spacial score (nSPS) is 10.8. The fourth-order valence-electron chi connectivity index (χ4n) is 2.56. The van der Waals surface area contributed by atoms with Gasteiger partial charge in [-0.2, -0.15) is 0 Å². The number of benzene rings is 2. The summed E-state index contributed by atoms with van der Waals surface area (Å²) < 4.78 is 37.6. The van der Waals surface area contributed by atoms with Gasteiger partial charge >= 0.3 is 0 Å². The van der Waals surface area contributed by atoms with Crippen LogP contribution in [0.5, 0.6) is 11.5 Å². The third-order valence-corrected chi connectivity index (χ3v) is 3.93. The Balaban J connectivity index is 0.00000392. The minimum absolute atomic E-state index is 0. The van der Waals surface area contributed by atoms with Crippen LogP contribution in [-0.2, 0) is 13.0 Å². The van der Waals surface area contributed by atoms with Gasteiger partial charge in [-0.25, -0.2) is 13.8 Å². The van der Waals surface area contributed by atoms with Gasteiger partial charge in [-0.3, -0.25) is 0 Å². The largest absolute Gasteiger partial charge is 0.497 e. The molecule has 2 N–H and O–H groups in total. The Morgan fingerprint density at radius 3 is 2.46 bits per heavy atom. The molecule has 0 aliphatic heterocycles. The van der Waals surface area contributed by atoms with Crippen molar-refractivity contribution in [3.05, 3.63) is 59.2 Å². The van der Waals surface area contributed by atoms with Gasteiger partial charge in [0.2, 0.25) is 0 Å². The summed E-state index contributed by atoms with van der Waals surface area (Å²) in [5.41, 5.74) is 1.21. The third kappa shape index (κ3) is 7.14. The lowest BCUT2D eigenvalue weighted by molar-refractivity contribution is 0.398. The summed E-state index contributed by atoms with van der Waals surface area (Å²) in [5.74, 6) is 1.11. The molecule has 0 aliphatic rings. The second-order valence-corrected chi connectivity index (χ2v) is 5.79. The van der Waals surface area contributed by atoms with E-state index in [1.807, 2.05) is 25.1 Å². The summed E-state index contributed by atoms with van der Waals surface area (Å²) in [6.45, 7) is 3.22. The maximum absolute atomic E-state index is 13.7. The average molecular weight is 505 g/mol. The zero-order chi connectivity index (χ0) is 19.6. The molecule has 0 fully saturated rings. The minimum Gasteiger partial charge on any atom is -0.497 e. The molecule has 154 valence electrons. The van der Waals surface area contributed by atoms with Crippen LogP contribution < -0.4 is 20.1 Å². The maximum atomic E-state index is 13.7. The molecule has 0 saturated heterocycles. The number of halogens is 3. The van der Waals surface area contributed by atoms with Crippen molar-refractivity contribution in [2.45, 2.75) is 19.9 Å². The average Bonchev–Trinajstić information content (AvgIpc) is 2.68. The summed E-state index contributed by atoms with van der Waals surface area (Å²) in [5, 5.41) is 6.28. The SMILES string of the molecule is CCNC(=NCc1cc(F)ccc1F)NCCc1cc(OC)ccc1OC.I. The molecule has 5 nitrogen and oxygen atoms in total. The summed E-state index contributed by atoms with van der Waals surface area (Å²) in [7, 11) is 3.24. The number of aliphatic imine (C=N–C) groups is 1. The van der Waals surface area contributed by atoms with Gasteiger partial charge in [-0.05, 0) is 55.3 Å². The van der Waals surface area contributed by atoms with Crippen LogP contribution in [0.3, 0.4) is 0 Å². The van der Waals surface area contributed by atoms with E-state index in [2.05, 4.69) is 15.6 Å². The second-order valence-electron chi connectivity index (χ2n) is 5.79. The molecule has 0 aliphatic carbocycles. The van der Waals surface area contributed by atoms with Gasteiger partial charge in [0.05, 0.1) is 20.8 Å². The molecule has 2 aromatic rings. The molecule has 0 unspecified atom stereocenters. The van der Waals surface area contributed by atoms with E-state index in [1.165, 1.54) is 0 Å². The smallest absolute Gasteiger partial charge is 0.191 e.